The van der Waals surface area contributed by atoms with Gasteiger partial charge in [-0.2, -0.15) is 0 Å². The molecule has 2 N–H and O–H groups in total. The molecule has 3 aromatic rings. The number of nitrogens with one attached hydrogen (secondary N) is 2. The van der Waals surface area contributed by atoms with Gasteiger partial charge in [-0.15, -0.1) is 11.3 Å². The molecule has 0 atom stereocenters. The number of aromatic amines is 1. The molecule has 0 aliphatic carbocycles. The average Bonchev–Trinajstić information content (AvgIpc) is 2.94. The van der Waals surface area contributed by atoms with Crippen molar-refractivity contribution < 1.29 is 4.79 Å². The Kier molecular flexibility index (Phi) is 4.47. The molecule has 2 aromatic heterocycles. The number of carbonyl (C=O) groups excluding carboxylic acids is 1. The normalized spacial score (nSPS) is 10.8. The van der Waals surface area contributed by atoms with E-state index in [-0.39, 0.29) is 17.2 Å². The fourth-order valence-electron chi connectivity index (χ4n) is 1.82. The van der Waals surface area contributed by atoms with Crippen LogP contribution < -0.4 is 10.9 Å². The highest BCUT2D eigenvalue weighted by Gasteiger charge is 2.08. The Balaban J connectivity index is 1.66. The van der Waals surface area contributed by atoms with Gasteiger partial charge in [-0.1, -0.05) is 29.4 Å². The summed E-state index contributed by atoms with van der Waals surface area (Å²) >= 11 is 8.38. The topological polar surface area (TPSA) is 74.8 Å². The number of halogens is 1. The van der Waals surface area contributed by atoms with Crippen molar-refractivity contribution in [3.05, 3.63) is 51.1 Å². The number of nitrogens with zero attached hydrogens (tertiary/aromatic N) is 1. The fraction of sp³-hybridized carbons (Fsp3) is 0.0714. The molecule has 0 saturated heterocycles. The van der Waals surface area contributed by atoms with Crippen LogP contribution in [0.1, 0.15) is 0 Å². The Bertz CT molecular complexity index is 891. The second-order valence-electron chi connectivity index (χ2n) is 4.35. The van der Waals surface area contributed by atoms with Gasteiger partial charge in [0.05, 0.1) is 11.3 Å². The third-order valence-corrected chi connectivity index (χ3v) is 4.75. The summed E-state index contributed by atoms with van der Waals surface area (Å²) in [7, 11) is 0. The largest absolute Gasteiger partial charge is 0.325 e. The Morgan fingerprint density at radius 1 is 1.41 bits per heavy atom. The zero-order valence-corrected chi connectivity index (χ0v) is 13.5. The summed E-state index contributed by atoms with van der Waals surface area (Å²) in [5, 5.41) is 5.53. The van der Waals surface area contributed by atoms with Crippen molar-refractivity contribution in [1.29, 1.82) is 0 Å². The van der Waals surface area contributed by atoms with Crippen molar-refractivity contribution in [2.75, 3.05) is 11.1 Å². The average molecular weight is 352 g/mol. The Morgan fingerprint density at radius 3 is 3.09 bits per heavy atom. The molecule has 1 aromatic carbocycles. The Morgan fingerprint density at radius 2 is 2.27 bits per heavy atom. The lowest BCUT2D eigenvalue weighted by atomic mass is 10.3. The molecular weight excluding hydrogens is 342 g/mol. The Labute approximate surface area is 138 Å². The standard InChI is InChI=1S/C14H10ClN3O2S2/c15-8-2-1-3-9(6-8)16-11(19)7-22-14-17-10-4-5-21-12(10)13(20)18-14/h1-6H,7H2,(H,16,19)(H,17,18,20). The van der Waals surface area contributed by atoms with Crippen molar-refractivity contribution in [2.24, 2.45) is 0 Å². The number of rotatable bonds is 4. The number of carbonyl (C=O) groups is 1. The summed E-state index contributed by atoms with van der Waals surface area (Å²) in [5.41, 5.74) is 1.09. The van der Waals surface area contributed by atoms with E-state index in [1.807, 2.05) is 5.38 Å². The fourth-order valence-corrected chi connectivity index (χ4v) is 3.40. The number of aromatic nitrogens is 2. The van der Waals surface area contributed by atoms with Crippen LogP contribution in [-0.4, -0.2) is 21.6 Å². The van der Waals surface area contributed by atoms with Gasteiger partial charge in [-0.3, -0.25) is 9.59 Å². The van der Waals surface area contributed by atoms with Crippen LogP contribution in [-0.2, 0) is 4.79 Å². The first-order valence-electron chi connectivity index (χ1n) is 6.27. The zero-order valence-electron chi connectivity index (χ0n) is 11.1. The van der Waals surface area contributed by atoms with Gasteiger partial charge in [0.15, 0.2) is 5.16 Å². The Hall–Kier alpha value is -1.83. The number of anilines is 1. The molecule has 0 aliphatic heterocycles. The molecule has 0 fully saturated rings. The molecule has 0 radical (unpaired) electrons. The van der Waals surface area contributed by atoms with Crippen molar-refractivity contribution in [3.63, 3.8) is 0 Å². The zero-order chi connectivity index (χ0) is 15.5. The lowest BCUT2D eigenvalue weighted by molar-refractivity contribution is -0.113. The molecule has 2 heterocycles. The third-order valence-electron chi connectivity index (χ3n) is 2.74. The highest BCUT2D eigenvalue weighted by molar-refractivity contribution is 7.99. The number of thiophene rings is 1. The van der Waals surface area contributed by atoms with Crippen LogP contribution in [0.15, 0.2) is 45.7 Å². The van der Waals surface area contributed by atoms with Crippen LogP contribution in [0.5, 0.6) is 0 Å². The minimum atomic E-state index is -0.194. The SMILES string of the molecule is O=C(CSc1nc2ccsc2c(=O)[nH]1)Nc1cccc(Cl)c1. The number of amides is 1. The maximum Gasteiger partial charge on any atom is 0.269 e. The van der Waals surface area contributed by atoms with Gasteiger partial charge in [0.2, 0.25) is 5.91 Å². The highest BCUT2D eigenvalue weighted by Crippen LogP contribution is 2.19. The van der Waals surface area contributed by atoms with E-state index in [2.05, 4.69) is 15.3 Å². The van der Waals surface area contributed by atoms with Crippen molar-refractivity contribution in [2.45, 2.75) is 5.16 Å². The van der Waals surface area contributed by atoms with Gasteiger partial charge in [-0.05, 0) is 29.6 Å². The first kappa shape index (κ1) is 15.1. The molecule has 1 amide bonds. The molecule has 0 saturated carbocycles. The van der Waals surface area contributed by atoms with Gasteiger partial charge in [0.25, 0.3) is 5.56 Å². The number of H-pyrrole nitrogens is 1. The summed E-state index contributed by atoms with van der Waals surface area (Å²) in [5.74, 6) is -0.0502. The van der Waals surface area contributed by atoms with Crippen molar-refractivity contribution >= 4 is 56.5 Å². The molecule has 22 heavy (non-hydrogen) atoms. The van der Waals surface area contributed by atoms with E-state index in [0.29, 0.717) is 26.1 Å². The maximum absolute atomic E-state index is 11.9. The lowest BCUT2D eigenvalue weighted by Crippen LogP contribution is -2.15. The molecule has 8 heteroatoms. The van der Waals surface area contributed by atoms with Crippen LogP contribution in [0.4, 0.5) is 5.69 Å². The number of benzene rings is 1. The van der Waals surface area contributed by atoms with Gasteiger partial charge in [-0.25, -0.2) is 4.98 Å². The predicted octanol–water partition coefficient (Wildman–Crippen LogP) is 3.37. The summed E-state index contributed by atoms with van der Waals surface area (Å²) < 4.78 is 0.590. The molecule has 0 bridgehead atoms. The van der Waals surface area contributed by atoms with Gasteiger partial charge in [0, 0.05) is 10.7 Å². The number of fused-ring (bicyclic) bond motifs is 1. The highest BCUT2D eigenvalue weighted by atomic mass is 35.5. The molecular formula is C14H10ClN3O2S2. The first-order chi connectivity index (χ1) is 10.6. The first-order valence-corrected chi connectivity index (χ1v) is 8.52. The van der Waals surface area contributed by atoms with E-state index in [1.165, 1.54) is 23.1 Å². The molecule has 0 aliphatic rings. The molecule has 112 valence electrons. The predicted molar refractivity (Wildman–Crippen MR) is 91.0 cm³/mol. The molecule has 0 unspecified atom stereocenters. The van der Waals surface area contributed by atoms with E-state index in [1.54, 1.807) is 30.3 Å². The second-order valence-corrected chi connectivity index (χ2v) is 6.67. The number of hydrogen-bond donors (Lipinski definition) is 2. The van der Waals surface area contributed by atoms with Crippen molar-refractivity contribution in [3.8, 4) is 0 Å². The number of thioether (sulfide) groups is 1. The summed E-state index contributed by atoms with van der Waals surface area (Å²) in [4.78, 5) is 30.7. The van der Waals surface area contributed by atoms with Crippen LogP contribution in [0.3, 0.4) is 0 Å². The van der Waals surface area contributed by atoms with Crippen LogP contribution >= 0.6 is 34.7 Å². The lowest BCUT2D eigenvalue weighted by Gasteiger charge is -2.05. The van der Waals surface area contributed by atoms with Gasteiger partial charge < -0.3 is 10.3 Å². The summed E-state index contributed by atoms with van der Waals surface area (Å²) in [6, 6.07) is 8.70. The van der Waals surface area contributed by atoms with E-state index in [4.69, 9.17) is 11.6 Å². The van der Waals surface area contributed by atoms with E-state index in [0.717, 1.165) is 0 Å². The molecule has 5 nitrogen and oxygen atoms in total. The van der Waals surface area contributed by atoms with E-state index >= 15 is 0 Å². The van der Waals surface area contributed by atoms with Crippen molar-refractivity contribution in [1.82, 2.24) is 9.97 Å². The maximum atomic E-state index is 11.9. The van der Waals surface area contributed by atoms with Gasteiger partial charge >= 0.3 is 0 Å². The second kappa shape index (κ2) is 6.51. The van der Waals surface area contributed by atoms with E-state index in [9.17, 15) is 9.59 Å². The third kappa shape index (κ3) is 3.49. The monoisotopic (exact) mass is 351 g/mol. The quantitative estimate of drug-likeness (QED) is 0.558. The van der Waals surface area contributed by atoms with E-state index < -0.39 is 0 Å². The molecule has 0 spiro atoms. The molecule has 3 rings (SSSR count). The van der Waals surface area contributed by atoms with Crippen LogP contribution in [0.25, 0.3) is 10.2 Å². The summed E-state index contributed by atoms with van der Waals surface area (Å²) in [6.45, 7) is 0. The summed E-state index contributed by atoms with van der Waals surface area (Å²) in [6.07, 6.45) is 0. The number of hydrogen-bond acceptors (Lipinski definition) is 5. The van der Waals surface area contributed by atoms with Gasteiger partial charge in [0.1, 0.15) is 4.70 Å². The smallest absolute Gasteiger partial charge is 0.269 e. The van der Waals surface area contributed by atoms with Crippen LogP contribution in [0, 0.1) is 0 Å². The minimum Gasteiger partial charge on any atom is -0.325 e. The minimum absolute atomic E-state index is 0.144. The van der Waals surface area contributed by atoms with Crippen LogP contribution in [0.2, 0.25) is 5.02 Å².